The van der Waals surface area contributed by atoms with Crippen LogP contribution in [0.1, 0.15) is 57.1 Å². The molecule has 2 unspecified atom stereocenters. The first-order valence-corrected chi connectivity index (χ1v) is 6.47. The Hall–Kier alpha value is -1.35. The molecule has 0 fully saturated rings. The molecule has 1 aromatic rings. The summed E-state index contributed by atoms with van der Waals surface area (Å²) in [4.78, 5) is 10.8. The third kappa shape index (κ3) is 3.33. The molecule has 100 valence electrons. The van der Waals surface area contributed by atoms with Gasteiger partial charge in [0.1, 0.15) is 0 Å². The highest BCUT2D eigenvalue weighted by molar-refractivity contribution is 5.68. The van der Waals surface area contributed by atoms with E-state index in [-0.39, 0.29) is 6.42 Å². The molecule has 1 aromatic carbocycles. The van der Waals surface area contributed by atoms with Gasteiger partial charge in [-0.1, -0.05) is 45.0 Å². The van der Waals surface area contributed by atoms with Crippen LogP contribution in [0.4, 0.5) is 0 Å². The molecule has 0 spiro atoms. The number of aliphatic carboxylic acids is 1. The Bertz CT molecular complexity index is 397. The van der Waals surface area contributed by atoms with Crippen LogP contribution >= 0.6 is 0 Å². The minimum atomic E-state index is -1.26. The zero-order valence-electron chi connectivity index (χ0n) is 11.3. The predicted molar refractivity (Wildman–Crippen MR) is 71.6 cm³/mol. The van der Waals surface area contributed by atoms with Gasteiger partial charge in [0, 0.05) is 0 Å². The maximum Gasteiger partial charge on any atom is 0.306 e. The lowest BCUT2D eigenvalue weighted by atomic mass is 9.86. The zero-order chi connectivity index (χ0) is 13.8. The number of carboxylic acid groups (broad SMARTS) is 1. The number of aliphatic hydroxyl groups is 1. The van der Waals surface area contributed by atoms with Gasteiger partial charge in [-0.25, -0.2) is 0 Å². The van der Waals surface area contributed by atoms with Gasteiger partial charge in [0.25, 0.3) is 0 Å². The van der Waals surface area contributed by atoms with E-state index in [1.807, 2.05) is 24.3 Å². The second-order valence-electron chi connectivity index (χ2n) is 4.89. The number of rotatable bonds is 6. The molecule has 0 saturated carbocycles. The van der Waals surface area contributed by atoms with E-state index in [4.69, 9.17) is 5.11 Å². The monoisotopic (exact) mass is 250 g/mol. The van der Waals surface area contributed by atoms with E-state index < -0.39 is 11.6 Å². The maximum atomic E-state index is 10.8. The number of hydrogen-bond donors (Lipinski definition) is 2. The highest BCUT2D eigenvalue weighted by Gasteiger charge is 2.30. The van der Waals surface area contributed by atoms with Crippen molar-refractivity contribution >= 4 is 5.97 Å². The molecule has 0 amide bonds. The lowest BCUT2D eigenvalue weighted by Gasteiger charge is -2.26. The lowest BCUT2D eigenvalue weighted by Crippen LogP contribution is -2.28. The Morgan fingerprint density at radius 1 is 1.28 bits per heavy atom. The van der Waals surface area contributed by atoms with Crippen LogP contribution < -0.4 is 0 Å². The third-order valence-electron chi connectivity index (χ3n) is 3.66. The molecule has 0 aliphatic carbocycles. The SMILES string of the molecule is CCC(C)c1ccc(C(O)(CC)CC(=O)O)cc1. The average molecular weight is 250 g/mol. The first-order chi connectivity index (χ1) is 8.42. The van der Waals surface area contributed by atoms with E-state index in [2.05, 4.69) is 13.8 Å². The second-order valence-corrected chi connectivity index (χ2v) is 4.89. The van der Waals surface area contributed by atoms with Crippen LogP contribution in [0.15, 0.2) is 24.3 Å². The quantitative estimate of drug-likeness (QED) is 0.814. The predicted octanol–water partition coefficient (Wildman–Crippen LogP) is 3.27. The van der Waals surface area contributed by atoms with Crippen molar-refractivity contribution in [3.8, 4) is 0 Å². The molecule has 1 rings (SSSR count). The summed E-state index contributed by atoms with van der Waals surface area (Å²) in [5.41, 5.74) is 0.634. The Morgan fingerprint density at radius 3 is 2.22 bits per heavy atom. The van der Waals surface area contributed by atoms with Gasteiger partial charge in [0.2, 0.25) is 0 Å². The van der Waals surface area contributed by atoms with Crippen LogP contribution in [0.3, 0.4) is 0 Å². The van der Waals surface area contributed by atoms with Gasteiger partial charge in [-0.3, -0.25) is 4.79 Å². The number of benzene rings is 1. The molecular weight excluding hydrogens is 228 g/mol. The van der Waals surface area contributed by atoms with Gasteiger partial charge in [-0.05, 0) is 29.9 Å². The molecule has 0 bridgehead atoms. The van der Waals surface area contributed by atoms with E-state index in [1.165, 1.54) is 5.56 Å². The molecule has 0 aliphatic rings. The molecule has 0 heterocycles. The molecule has 0 aliphatic heterocycles. The van der Waals surface area contributed by atoms with Crippen molar-refractivity contribution in [3.05, 3.63) is 35.4 Å². The summed E-state index contributed by atoms with van der Waals surface area (Å²) < 4.78 is 0. The highest BCUT2D eigenvalue weighted by atomic mass is 16.4. The highest BCUT2D eigenvalue weighted by Crippen LogP contribution is 2.30. The maximum absolute atomic E-state index is 10.8. The first kappa shape index (κ1) is 14.7. The van der Waals surface area contributed by atoms with E-state index in [9.17, 15) is 9.90 Å². The summed E-state index contributed by atoms with van der Waals surface area (Å²) in [6.07, 6.45) is 1.20. The Kier molecular flexibility index (Phi) is 4.91. The smallest absolute Gasteiger partial charge is 0.306 e. The van der Waals surface area contributed by atoms with Crippen LogP contribution in [-0.4, -0.2) is 16.2 Å². The van der Waals surface area contributed by atoms with Gasteiger partial charge < -0.3 is 10.2 Å². The van der Waals surface area contributed by atoms with Crippen molar-refractivity contribution < 1.29 is 15.0 Å². The van der Waals surface area contributed by atoms with E-state index in [1.54, 1.807) is 6.92 Å². The van der Waals surface area contributed by atoms with Crippen LogP contribution in [-0.2, 0) is 10.4 Å². The van der Waals surface area contributed by atoms with Crippen molar-refractivity contribution in [2.45, 2.75) is 51.6 Å². The molecule has 0 aromatic heterocycles. The number of carboxylic acids is 1. The van der Waals surface area contributed by atoms with Crippen LogP contribution in [0, 0.1) is 0 Å². The summed E-state index contributed by atoms with van der Waals surface area (Å²) in [5.74, 6) is -0.501. The van der Waals surface area contributed by atoms with Gasteiger partial charge in [-0.15, -0.1) is 0 Å². The largest absolute Gasteiger partial charge is 0.481 e. The zero-order valence-corrected chi connectivity index (χ0v) is 11.3. The Labute approximate surface area is 108 Å². The molecule has 2 N–H and O–H groups in total. The minimum absolute atomic E-state index is 0.258. The van der Waals surface area contributed by atoms with Gasteiger partial charge >= 0.3 is 5.97 Å². The molecule has 18 heavy (non-hydrogen) atoms. The van der Waals surface area contributed by atoms with Crippen LogP contribution in [0.2, 0.25) is 0 Å². The fraction of sp³-hybridized carbons (Fsp3) is 0.533. The first-order valence-electron chi connectivity index (χ1n) is 6.47. The third-order valence-corrected chi connectivity index (χ3v) is 3.66. The second kappa shape index (κ2) is 6.01. The molecule has 3 heteroatoms. The van der Waals surface area contributed by atoms with Gasteiger partial charge in [0.15, 0.2) is 0 Å². The Morgan fingerprint density at radius 2 is 1.83 bits per heavy atom. The average Bonchev–Trinajstić information content (AvgIpc) is 2.37. The normalized spacial score (nSPS) is 16.0. The number of hydrogen-bond acceptors (Lipinski definition) is 2. The molecule has 0 saturated heterocycles. The van der Waals surface area contributed by atoms with Crippen molar-refractivity contribution in [2.75, 3.05) is 0 Å². The van der Waals surface area contributed by atoms with E-state index in [0.717, 1.165) is 6.42 Å². The van der Waals surface area contributed by atoms with Crippen molar-refractivity contribution in [2.24, 2.45) is 0 Å². The van der Waals surface area contributed by atoms with E-state index >= 15 is 0 Å². The number of carbonyl (C=O) groups is 1. The summed E-state index contributed by atoms with van der Waals surface area (Å²) in [7, 11) is 0. The fourth-order valence-electron chi connectivity index (χ4n) is 2.04. The molecule has 0 radical (unpaired) electrons. The van der Waals surface area contributed by atoms with Gasteiger partial charge in [-0.2, -0.15) is 0 Å². The summed E-state index contributed by atoms with van der Waals surface area (Å²) in [5, 5.41) is 19.2. The standard InChI is InChI=1S/C15H22O3/c1-4-11(3)12-6-8-13(9-7-12)15(18,5-2)10-14(16)17/h6-9,11,18H,4-5,10H2,1-3H3,(H,16,17). The Balaban J connectivity index is 2.98. The van der Waals surface area contributed by atoms with Crippen molar-refractivity contribution in [1.29, 1.82) is 0 Å². The summed E-state index contributed by atoms with van der Waals surface area (Å²) >= 11 is 0. The lowest BCUT2D eigenvalue weighted by molar-refractivity contribution is -0.143. The van der Waals surface area contributed by atoms with Crippen molar-refractivity contribution in [1.82, 2.24) is 0 Å². The summed E-state index contributed by atoms with van der Waals surface area (Å²) in [6.45, 7) is 6.08. The molecule has 3 nitrogen and oxygen atoms in total. The topological polar surface area (TPSA) is 57.5 Å². The molecule has 2 atom stereocenters. The molecular formula is C15H22O3. The minimum Gasteiger partial charge on any atom is -0.481 e. The van der Waals surface area contributed by atoms with Crippen molar-refractivity contribution in [3.63, 3.8) is 0 Å². The van der Waals surface area contributed by atoms with Gasteiger partial charge in [0.05, 0.1) is 12.0 Å². The van der Waals surface area contributed by atoms with Crippen LogP contribution in [0.5, 0.6) is 0 Å². The fourth-order valence-corrected chi connectivity index (χ4v) is 2.04. The summed E-state index contributed by atoms with van der Waals surface area (Å²) in [6, 6.07) is 7.64. The van der Waals surface area contributed by atoms with Crippen LogP contribution in [0.25, 0.3) is 0 Å². The van der Waals surface area contributed by atoms with E-state index in [0.29, 0.717) is 17.9 Å².